The number of esters is 1. The van der Waals surface area contributed by atoms with Crippen molar-refractivity contribution in [3.05, 3.63) is 53.6 Å². The van der Waals surface area contributed by atoms with Gasteiger partial charge in [-0.3, -0.25) is 4.79 Å². The second-order valence-corrected chi connectivity index (χ2v) is 6.10. The molecule has 0 atom stereocenters. The van der Waals surface area contributed by atoms with Crippen molar-refractivity contribution in [3.63, 3.8) is 0 Å². The summed E-state index contributed by atoms with van der Waals surface area (Å²) in [7, 11) is 3.13. The Hall–Kier alpha value is -3.22. The number of amides is 1. The molecular weight excluding hydrogens is 374 g/mol. The van der Waals surface area contributed by atoms with Gasteiger partial charge in [0, 0.05) is 13.1 Å². The number of carbonyl (C=O) groups is 2. The lowest BCUT2D eigenvalue weighted by atomic mass is 10.2. The van der Waals surface area contributed by atoms with E-state index < -0.39 is 5.97 Å². The van der Waals surface area contributed by atoms with Crippen molar-refractivity contribution >= 4 is 11.9 Å². The van der Waals surface area contributed by atoms with Gasteiger partial charge in [-0.15, -0.1) is 0 Å². The van der Waals surface area contributed by atoms with Crippen molar-refractivity contribution in [2.45, 2.75) is 20.4 Å². The van der Waals surface area contributed by atoms with Gasteiger partial charge in [-0.25, -0.2) is 4.79 Å². The minimum atomic E-state index is -0.593. The maximum absolute atomic E-state index is 12.6. The molecule has 1 amide bonds. The number of benzene rings is 2. The lowest BCUT2D eigenvalue weighted by Gasteiger charge is -2.21. The van der Waals surface area contributed by atoms with Crippen LogP contribution in [0.4, 0.5) is 0 Å². The van der Waals surface area contributed by atoms with Crippen LogP contribution < -0.4 is 14.2 Å². The smallest absolute Gasteiger partial charge is 0.342 e. The quantitative estimate of drug-likeness (QED) is 0.569. The normalized spacial score (nSPS) is 10.2. The Kier molecular flexibility index (Phi) is 8.33. The number of hydrogen-bond donors (Lipinski definition) is 0. The lowest BCUT2D eigenvalue weighted by Crippen LogP contribution is -2.34. The van der Waals surface area contributed by atoms with Crippen molar-refractivity contribution < 1.29 is 28.5 Å². The maximum atomic E-state index is 12.6. The van der Waals surface area contributed by atoms with Gasteiger partial charge in [-0.2, -0.15) is 0 Å². The van der Waals surface area contributed by atoms with E-state index in [2.05, 4.69) is 0 Å². The molecule has 0 fully saturated rings. The Bertz CT molecular complexity index is 836. The third-order valence-electron chi connectivity index (χ3n) is 4.29. The van der Waals surface area contributed by atoms with Gasteiger partial charge in [0.2, 0.25) is 0 Å². The Morgan fingerprint density at radius 1 is 0.931 bits per heavy atom. The van der Waals surface area contributed by atoms with Crippen LogP contribution >= 0.6 is 0 Å². The number of hydrogen-bond acceptors (Lipinski definition) is 6. The Balaban J connectivity index is 2.01. The van der Waals surface area contributed by atoms with E-state index in [0.29, 0.717) is 42.5 Å². The van der Waals surface area contributed by atoms with E-state index >= 15 is 0 Å². The van der Waals surface area contributed by atoms with Crippen LogP contribution in [0.3, 0.4) is 0 Å². The van der Waals surface area contributed by atoms with Crippen LogP contribution in [0.1, 0.15) is 29.8 Å². The number of carbonyl (C=O) groups excluding carboxylic acids is 2. The molecule has 0 N–H and O–H groups in total. The molecular formula is C22H27NO6. The van der Waals surface area contributed by atoms with Gasteiger partial charge in [-0.05, 0) is 43.7 Å². The van der Waals surface area contributed by atoms with E-state index in [9.17, 15) is 9.59 Å². The molecule has 0 unspecified atom stereocenters. The van der Waals surface area contributed by atoms with Gasteiger partial charge < -0.3 is 23.8 Å². The molecule has 2 aromatic rings. The highest BCUT2D eigenvalue weighted by molar-refractivity contribution is 5.94. The summed E-state index contributed by atoms with van der Waals surface area (Å²) < 4.78 is 21.2. The fraction of sp³-hybridized carbons (Fsp3) is 0.364. The minimum absolute atomic E-state index is 0.287. The van der Waals surface area contributed by atoms with E-state index in [-0.39, 0.29) is 12.5 Å². The van der Waals surface area contributed by atoms with Gasteiger partial charge in [-0.1, -0.05) is 18.2 Å². The third-order valence-corrected chi connectivity index (χ3v) is 4.29. The highest BCUT2D eigenvalue weighted by atomic mass is 16.5. The Morgan fingerprint density at radius 2 is 1.66 bits per heavy atom. The molecule has 2 rings (SSSR count). The first-order valence-corrected chi connectivity index (χ1v) is 9.41. The van der Waals surface area contributed by atoms with Crippen LogP contribution in [-0.2, 0) is 16.1 Å². The molecule has 7 nitrogen and oxygen atoms in total. The molecule has 0 aliphatic carbocycles. The van der Waals surface area contributed by atoms with E-state index in [1.165, 1.54) is 0 Å². The van der Waals surface area contributed by atoms with Crippen LogP contribution in [0.2, 0.25) is 0 Å². The molecule has 0 heterocycles. The third kappa shape index (κ3) is 5.88. The van der Waals surface area contributed by atoms with Crippen LogP contribution in [0.5, 0.6) is 17.2 Å². The van der Waals surface area contributed by atoms with Gasteiger partial charge in [0.1, 0.15) is 11.3 Å². The van der Waals surface area contributed by atoms with Crippen LogP contribution in [0, 0.1) is 0 Å². The summed E-state index contributed by atoms with van der Waals surface area (Å²) in [5, 5.41) is 0. The maximum Gasteiger partial charge on any atom is 0.342 e. The molecule has 156 valence electrons. The summed E-state index contributed by atoms with van der Waals surface area (Å²) in [6.45, 7) is 4.62. The average Bonchev–Trinajstić information content (AvgIpc) is 2.75. The van der Waals surface area contributed by atoms with Crippen molar-refractivity contribution in [2.75, 3.05) is 34.0 Å². The summed E-state index contributed by atoms with van der Waals surface area (Å²) >= 11 is 0. The molecule has 0 bridgehead atoms. The number of para-hydroxylation sites is 1. The summed E-state index contributed by atoms with van der Waals surface area (Å²) in [4.78, 5) is 26.5. The van der Waals surface area contributed by atoms with Gasteiger partial charge in [0.05, 0.1) is 20.8 Å². The zero-order valence-electron chi connectivity index (χ0n) is 17.3. The summed E-state index contributed by atoms with van der Waals surface area (Å²) in [5.74, 6) is 0.763. The number of rotatable bonds is 10. The SMILES string of the molecule is CCOc1ccccc1C(=O)OCC(=O)N(CC)Cc1ccc(OC)c(OC)c1. The molecule has 0 aliphatic heterocycles. The average molecular weight is 401 g/mol. The highest BCUT2D eigenvalue weighted by Crippen LogP contribution is 2.28. The topological polar surface area (TPSA) is 74.3 Å². The standard InChI is InChI=1S/C22H27NO6/c1-5-23(14-16-11-12-19(26-3)20(13-16)27-4)21(24)15-29-22(25)17-9-7-8-10-18(17)28-6-2/h7-13H,5-6,14-15H2,1-4H3. The Morgan fingerprint density at radius 3 is 2.31 bits per heavy atom. The van der Waals surface area contributed by atoms with Crippen molar-refractivity contribution in [2.24, 2.45) is 0 Å². The van der Waals surface area contributed by atoms with Crippen LogP contribution in [0.25, 0.3) is 0 Å². The predicted molar refractivity (Wildman–Crippen MR) is 109 cm³/mol. The number of likely N-dealkylation sites (N-methyl/N-ethyl adjacent to an activating group) is 1. The highest BCUT2D eigenvalue weighted by Gasteiger charge is 2.18. The second-order valence-electron chi connectivity index (χ2n) is 6.10. The minimum Gasteiger partial charge on any atom is -0.493 e. The van der Waals surface area contributed by atoms with E-state index in [0.717, 1.165) is 5.56 Å². The van der Waals surface area contributed by atoms with Gasteiger partial charge >= 0.3 is 5.97 Å². The molecule has 0 saturated heterocycles. The molecule has 0 aromatic heterocycles. The first-order chi connectivity index (χ1) is 14.0. The molecule has 2 aromatic carbocycles. The van der Waals surface area contributed by atoms with E-state index in [4.69, 9.17) is 18.9 Å². The number of ether oxygens (including phenoxy) is 4. The molecule has 29 heavy (non-hydrogen) atoms. The fourth-order valence-electron chi connectivity index (χ4n) is 2.79. The zero-order chi connectivity index (χ0) is 21.2. The number of methoxy groups -OCH3 is 2. The molecule has 0 aliphatic rings. The monoisotopic (exact) mass is 401 g/mol. The largest absolute Gasteiger partial charge is 0.493 e. The van der Waals surface area contributed by atoms with Crippen molar-refractivity contribution in [1.82, 2.24) is 4.90 Å². The second kappa shape index (κ2) is 10.9. The van der Waals surface area contributed by atoms with E-state index in [1.54, 1.807) is 49.5 Å². The first kappa shape index (κ1) is 22.1. The molecule has 7 heteroatoms. The first-order valence-electron chi connectivity index (χ1n) is 9.41. The summed E-state index contributed by atoms with van der Waals surface area (Å²) in [6.07, 6.45) is 0. The molecule has 0 spiro atoms. The summed E-state index contributed by atoms with van der Waals surface area (Å²) in [6, 6.07) is 12.3. The number of nitrogens with zero attached hydrogens (tertiary/aromatic N) is 1. The van der Waals surface area contributed by atoms with Crippen LogP contribution in [0.15, 0.2) is 42.5 Å². The molecule has 0 radical (unpaired) electrons. The zero-order valence-corrected chi connectivity index (χ0v) is 17.3. The Labute approximate surface area is 171 Å². The fourth-order valence-corrected chi connectivity index (χ4v) is 2.79. The van der Waals surface area contributed by atoms with Crippen LogP contribution in [-0.4, -0.2) is 50.8 Å². The van der Waals surface area contributed by atoms with E-state index in [1.807, 2.05) is 26.0 Å². The lowest BCUT2D eigenvalue weighted by molar-refractivity contribution is -0.134. The summed E-state index contributed by atoms with van der Waals surface area (Å²) in [5.41, 5.74) is 1.18. The molecule has 0 saturated carbocycles. The van der Waals surface area contributed by atoms with Gasteiger partial charge in [0.15, 0.2) is 18.1 Å². The van der Waals surface area contributed by atoms with Gasteiger partial charge in [0.25, 0.3) is 5.91 Å². The van der Waals surface area contributed by atoms with Crippen molar-refractivity contribution in [1.29, 1.82) is 0 Å². The predicted octanol–water partition coefficient (Wildman–Crippen LogP) is 3.31. The van der Waals surface area contributed by atoms with Crippen molar-refractivity contribution in [3.8, 4) is 17.2 Å².